The minimum atomic E-state index is -0.491. The van der Waals surface area contributed by atoms with Crippen LogP contribution in [0.2, 0.25) is 0 Å². The van der Waals surface area contributed by atoms with Crippen LogP contribution >= 0.6 is 11.3 Å². The first-order valence-corrected chi connectivity index (χ1v) is 10.5. The molecule has 2 aromatic rings. The number of hydrogen-bond acceptors (Lipinski definition) is 6. The second kappa shape index (κ2) is 9.41. The third kappa shape index (κ3) is 5.25. The molecule has 152 valence electrons. The smallest absolute Gasteiger partial charge is 0.241 e. The average molecular weight is 405 g/mol. The van der Waals surface area contributed by atoms with E-state index in [0.29, 0.717) is 37.8 Å². The van der Waals surface area contributed by atoms with Gasteiger partial charge in [-0.15, -0.1) is 11.3 Å². The molecular weight excluding hydrogens is 376 g/mol. The van der Waals surface area contributed by atoms with Gasteiger partial charge < -0.3 is 19.5 Å². The lowest BCUT2D eigenvalue weighted by molar-refractivity contribution is -0.120. The van der Waals surface area contributed by atoms with Gasteiger partial charge in [0, 0.05) is 29.2 Å². The van der Waals surface area contributed by atoms with Gasteiger partial charge in [-0.05, 0) is 44.4 Å². The zero-order chi connectivity index (χ0) is 20.1. The summed E-state index contributed by atoms with van der Waals surface area (Å²) >= 11 is 1.62. The molecule has 1 aromatic heterocycles. The maximum atomic E-state index is 13.3. The number of benzene rings is 1. The lowest BCUT2D eigenvalue weighted by atomic mass is 10.2. The van der Waals surface area contributed by atoms with Crippen molar-refractivity contribution in [3.05, 3.63) is 40.6 Å². The third-order valence-electron chi connectivity index (χ3n) is 4.60. The number of carbonyl (C=O) groups excluding carboxylic acids is 1. The molecule has 1 amide bonds. The first-order chi connectivity index (χ1) is 13.4. The van der Waals surface area contributed by atoms with Crippen LogP contribution in [0, 0.1) is 0 Å². The second-order valence-electron chi connectivity index (χ2n) is 7.26. The van der Waals surface area contributed by atoms with Crippen molar-refractivity contribution in [2.24, 2.45) is 0 Å². The molecular formula is C21H28N2O4S. The summed E-state index contributed by atoms with van der Waals surface area (Å²) in [7, 11) is 0. The van der Waals surface area contributed by atoms with Crippen molar-refractivity contribution in [2.75, 3.05) is 31.2 Å². The Morgan fingerprint density at radius 2 is 1.93 bits per heavy atom. The predicted molar refractivity (Wildman–Crippen MR) is 111 cm³/mol. The van der Waals surface area contributed by atoms with Crippen LogP contribution in [0.1, 0.15) is 25.6 Å². The van der Waals surface area contributed by atoms with E-state index in [1.165, 1.54) is 0 Å². The highest BCUT2D eigenvalue weighted by molar-refractivity contribution is 7.09. The molecule has 0 saturated heterocycles. The lowest BCUT2D eigenvalue weighted by Gasteiger charge is -2.31. The number of anilines is 1. The summed E-state index contributed by atoms with van der Waals surface area (Å²) in [5, 5.41) is 11.8. The summed E-state index contributed by atoms with van der Waals surface area (Å²) in [6.45, 7) is 8.03. The fraction of sp³-hybridized carbons (Fsp3) is 0.476. The number of aliphatic hydroxyl groups excluding tert-OH is 1. The Morgan fingerprint density at radius 3 is 2.57 bits per heavy atom. The highest BCUT2D eigenvalue weighted by Gasteiger charge is 2.24. The summed E-state index contributed by atoms with van der Waals surface area (Å²) in [6.07, 6.45) is -0.491. The monoisotopic (exact) mass is 404 g/mol. The van der Waals surface area contributed by atoms with Gasteiger partial charge in [0.2, 0.25) is 5.91 Å². The van der Waals surface area contributed by atoms with Gasteiger partial charge in [0.1, 0.15) is 13.2 Å². The molecule has 1 N–H and O–H groups in total. The first kappa shape index (κ1) is 20.6. The molecule has 3 rings (SSSR count). The predicted octanol–water partition coefficient (Wildman–Crippen LogP) is 3.14. The van der Waals surface area contributed by atoms with E-state index in [2.05, 4.69) is 0 Å². The van der Waals surface area contributed by atoms with Crippen molar-refractivity contribution >= 4 is 22.9 Å². The molecule has 0 saturated carbocycles. The Balaban J connectivity index is 1.85. The number of hydrogen-bond donors (Lipinski definition) is 1. The van der Waals surface area contributed by atoms with Gasteiger partial charge >= 0.3 is 0 Å². The molecule has 0 radical (unpaired) electrons. The van der Waals surface area contributed by atoms with E-state index in [-0.39, 0.29) is 18.5 Å². The molecule has 0 fully saturated rings. The van der Waals surface area contributed by atoms with Gasteiger partial charge in [0.15, 0.2) is 11.5 Å². The van der Waals surface area contributed by atoms with Gasteiger partial charge in [-0.3, -0.25) is 9.69 Å². The zero-order valence-electron chi connectivity index (χ0n) is 16.6. The van der Waals surface area contributed by atoms with E-state index < -0.39 is 6.10 Å². The summed E-state index contributed by atoms with van der Waals surface area (Å²) in [4.78, 5) is 18.1. The Kier molecular flexibility index (Phi) is 6.93. The molecule has 1 atom stereocenters. The molecule has 0 spiro atoms. The fourth-order valence-corrected chi connectivity index (χ4v) is 3.83. The van der Waals surface area contributed by atoms with E-state index in [1.54, 1.807) is 23.2 Å². The van der Waals surface area contributed by atoms with E-state index >= 15 is 0 Å². The number of ether oxygens (including phenoxy) is 2. The first-order valence-electron chi connectivity index (χ1n) is 9.58. The molecule has 28 heavy (non-hydrogen) atoms. The molecule has 7 heteroatoms. The molecule has 1 aromatic carbocycles. The standard InChI is InChI=1S/C21H28N2O4S/c1-15(2)22(12-16(3)24)14-21(25)23(13-18-5-4-10-28-18)17-6-7-19-20(11-17)27-9-8-26-19/h4-7,10-11,15-16,24H,8-9,12-14H2,1-3H3. The zero-order valence-corrected chi connectivity index (χ0v) is 17.4. The maximum Gasteiger partial charge on any atom is 0.241 e. The molecule has 6 nitrogen and oxygen atoms in total. The van der Waals surface area contributed by atoms with Crippen LogP contribution in [-0.4, -0.2) is 54.4 Å². The van der Waals surface area contributed by atoms with Gasteiger partial charge in [0.05, 0.1) is 19.2 Å². The van der Waals surface area contributed by atoms with Crippen molar-refractivity contribution < 1.29 is 19.4 Å². The largest absolute Gasteiger partial charge is 0.486 e. The van der Waals surface area contributed by atoms with Crippen LogP contribution in [0.15, 0.2) is 35.7 Å². The van der Waals surface area contributed by atoms with Crippen molar-refractivity contribution in [1.29, 1.82) is 0 Å². The lowest BCUT2D eigenvalue weighted by Crippen LogP contribution is -2.45. The van der Waals surface area contributed by atoms with Crippen LogP contribution in [-0.2, 0) is 11.3 Å². The third-order valence-corrected chi connectivity index (χ3v) is 5.46. The van der Waals surface area contributed by atoms with Crippen LogP contribution < -0.4 is 14.4 Å². The molecule has 0 bridgehead atoms. The number of aliphatic hydroxyl groups is 1. The maximum absolute atomic E-state index is 13.3. The van der Waals surface area contributed by atoms with Crippen LogP contribution in [0.3, 0.4) is 0 Å². The van der Waals surface area contributed by atoms with Crippen molar-refractivity contribution in [2.45, 2.75) is 39.5 Å². The fourth-order valence-electron chi connectivity index (χ4n) is 3.14. The van der Waals surface area contributed by atoms with Crippen molar-refractivity contribution in [1.82, 2.24) is 4.90 Å². The highest BCUT2D eigenvalue weighted by atomic mass is 32.1. The van der Waals surface area contributed by atoms with Gasteiger partial charge in [-0.2, -0.15) is 0 Å². The molecule has 1 unspecified atom stereocenters. The topological polar surface area (TPSA) is 62.2 Å². The van der Waals surface area contributed by atoms with Crippen LogP contribution in [0.5, 0.6) is 11.5 Å². The molecule has 0 aliphatic carbocycles. The Bertz CT molecular complexity index is 777. The molecule has 1 aliphatic rings. The Labute approximate surface area is 170 Å². The minimum absolute atomic E-state index is 0.0144. The summed E-state index contributed by atoms with van der Waals surface area (Å²) in [6, 6.07) is 9.79. The van der Waals surface area contributed by atoms with E-state index in [0.717, 1.165) is 10.6 Å². The Morgan fingerprint density at radius 1 is 1.18 bits per heavy atom. The number of fused-ring (bicyclic) bond motifs is 1. The van der Waals surface area contributed by atoms with Crippen LogP contribution in [0.25, 0.3) is 0 Å². The van der Waals surface area contributed by atoms with Gasteiger partial charge in [-0.25, -0.2) is 0 Å². The van der Waals surface area contributed by atoms with Gasteiger partial charge in [0.25, 0.3) is 0 Å². The summed E-state index contributed by atoms with van der Waals surface area (Å²) in [5.74, 6) is 1.35. The van der Waals surface area contributed by atoms with Crippen LogP contribution in [0.4, 0.5) is 5.69 Å². The second-order valence-corrected chi connectivity index (χ2v) is 8.29. The van der Waals surface area contributed by atoms with E-state index in [9.17, 15) is 9.90 Å². The van der Waals surface area contributed by atoms with Crippen molar-refractivity contribution in [3.63, 3.8) is 0 Å². The molecule has 2 heterocycles. The highest BCUT2D eigenvalue weighted by Crippen LogP contribution is 2.34. The molecule has 1 aliphatic heterocycles. The van der Waals surface area contributed by atoms with E-state index in [1.807, 2.05) is 54.5 Å². The number of rotatable bonds is 8. The number of nitrogens with zero attached hydrogens (tertiary/aromatic N) is 2. The summed E-state index contributed by atoms with van der Waals surface area (Å²) in [5.41, 5.74) is 0.781. The Hall–Kier alpha value is -2.09. The minimum Gasteiger partial charge on any atom is -0.486 e. The number of thiophene rings is 1. The number of carbonyl (C=O) groups is 1. The summed E-state index contributed by atoms with van der Waals surface area (Å²) < 4.78 is 11.3. The van der Waals surface area contributed by atoms with E-state index in [4.69, 9.17) is 9.47 Å². The number of amides is 1. The van der Waals surface area contributed by atoms with Crippen molar-refractivity contribution in [3.8, 4) is 11.5 Å². The SMILES string of the molecule is CC(O)CN(CC(=O)N(Cc1cccs1)c1ccc2c(c1)OCCO2)C(C)C. The average Bonchev–Trinajstić information content (AvgIpc) is 3.18. The normalized spacial score (nSPS) is 14.4. The van der Waals surface area contributed by atoms with Gasteiger partial charge in [-0.1, -0.05) is 6.07 Å². The quantitative estimate of drug-likeness (QED) is 0.732.